The third-order valence-corrected chi connectivity index (χ3v) is 5.81. The van der Waals surface area contributed by atoms with Gasteiger partial charge in [-0.25, -0.2) is 4.98 Å². The number of aryl methyl sites for hydroxylation is 1. The van der Waals surface area contributed by atoms with Crippen LogP contribution >= 0.6 is 27.5 Å². The first-order valence-corrected chi connectivity index (χ1v) is 7.96. The lowest BCUT2D eigenvalue weighted by Gasteiger charge is -2.19. The summed E-state index contributed by atoms with van der Waals surface area (Å²) in [6.07, 6.45) is 5.19. The highest BCUT2D eigenvalue weighted by atomic mass is 79.9. The lowest BCUT2D eigenvalue weighted by atomic mass is 10.1. The van der Waals surface area contributed by atoms with Crippen LogP contribution in [0.4, 0.5) is 0 Å². The highest BCUT2D eigenvalue weighted by Gasteiger charge is 2.47. The fourth-order valence-electron chi connectivity index (χ4n) is 3.51. The van der Waals surface area contributed by atoms with Crippen molar-refractivity contribution >= 4 is 38.6 Å². The molecule has 0 amide bonds. The Balaban J connectivity index is 2.02. The fraction of sp³-hybridized carbons (Fsp3) is 0.500. The molecule has 6 heteroatoms. The summed E-state index contributed by atoms with van der Waals surface area (Å²) < 4.78 is 2.43. The molecule has 2 aromatic heterocycles. The molecule has 104 valence electrons. The summed E-state index contributed by atoms with van der Waals surface area (Å²) in [5, 5.41) is 1.08. The standard InChI is InChI=1S/C14H13BrClN3O/c1-6-10-5-17-14(16)18-12(10)19(13(20)11(6)15)9-3-7-2-8(7)4-9/h5,7-9H,2-4H2,1H3. The summed E-state index contributed by atoms with van der Waals surface area (Å²) in [6, 6.07) is 0.247. The van der Waals surface area contributed by atoms with Crippen LogP contribution in [0, 0.1) is 18.8 Å². The molecule has 0 bridgehead atoms. The Kier molecular flexibility index (Phi) is 2.73. The third kappa shape index (κ3) is 1.76. The van der Waals surface area contributed by atoms with E-state index in [2.05, 4.69) is 25.9 Å². The van der Waals surface area contributed by atoms with Crippen molar-refractivity contribution in [2.75, 3.05) is 0 Å². The number of fused-ring (bicyclic) bond motifs is 2. The highest BCUT2D eigenvalue weighted by molar-refractivity contribution is 9.10. The summed E-state index contributed by atoms with van der Waals surface area (Å²) in [4.78, 5) is 21.0. The normalized spacial score (nSPS) is 27.9. The number of rotatable bonds is 1. The molecule has 2 atom stereocenters. The van der Waals surface area contributed by atoms with Gasteiger partial charge in [0, 0.05) is 17.6 Å². The number of pyridine rings is 1. The van der Waals surface area contributed by atoms with Crippen molar-refractivity contribution in [2.24, 2.45) is 11.8 Å². The van der Waals surface area contributed by atoms with Gasteiger partial charge in [0.2, 0.25) is 5.28 Å². The monoisotopic (exact) mass is 353 g/mol. The number of nitrogens with zero attached hydrogens (tertiary/aromatic N) is 3. The van der Waals surface area contributed by atoms with E-state index in [0.717, 1.165) is 35.6 Å². The Morgan fingerprint density at radius 3 is 2.75 bits per heavy atom. The van der Waals surface area contributed by atoms with E-state index in [0.29, 0.717) is 10.1 Å². The van der Waals surface area contributed by atoms with Gasteiger partial charge in [-0.05, 0) is 71.1 Å². The maximum atomic E-state index is 12.6. The van der Waals surface area contributed by atoms with Gasteiger partial charge in [-0.2, -0.15) is 4.98 Å². The molecular weight excluding hydrogens is 342 g/mol. The Labute approximate surface area is 129 Å². The molecule has 2 aliphatic carbocycles. The summed E-state index contributed by atoms with van der Waals surface area (Å²) >= 11 is 9.35. The highest BCUT2D eigenvalue weighted by Crippen LogP contribution is 2.56. The van der Waals surface area contributed by atoms with Crippen LogP contribution in [0.15, 0.2) is 15.5 Å². The van der Waals surface area contributed by atoms with Crippen molar-refractivity contribution in [3.05, 3.63) is 31.9 Å². The Morgan fingerprint density at radius 2 is 2.05 bits per heavy atom. The molecule has 2 aromatic rings. The molecule has 2 unspecified atom stereocenters. The Bertz CT molecular complexity index is 778. The fourth-order valence-corrected chi connectivity index (χ4v) is 4.05. The van der Waals surface area contributed by atoms with Crippen LogP contribution in [0.5, 0.6) is 0 Å². The molecule has 2 fully saturated rings. The minimum absolute atomic E-state index is 0.00364. The summed E-state index contributed by atoms with van der Waals surface area (Å²) in [5.74, 6) is 1.61. The first kappa shape index (κ1) is 12.8. The van der Waals surface area contributed by atoms with E-state index < -0.39 is 0 Å². The predicted molar refractivity (Wildman–Crippen MR) is 81.1 cm³/mol. The Hall–Kier alpha value is -0.940. The molecular formula is C14H13BrClN3O. The lowest BCUT2D eigenvalue weighted by Crippen LogP contribution is -2.27. The van der Waals surface area contributed by atoms with Gasteiger partial charge < -0.3 is 0 Å². The van der Waals surface area contributed by atoms with E-state index in [1.165, 1.54) is 6.42 Å². The molecule has 0 aliphatic heterocycles. The number of hydrogen-bond acceptors (Lipinski definition) is 3. The van der Waals surface area contributed by atoms with Crippen LogP contribution in [0.3, 0.4) is 0 Å². The smallest absolute Gasteiger partial charge is 0.267 e. The second-order valence-electron chi connectivity index (χ2n) is 5.87. The van der Waals surface area contributed by atoms with E-state index in [-0.39, 0.29) is 16.9 Å². The van der Waals surface area contributed by atoms with Gasteiger partial charge in [0.05, 0.1) is 4.47 Å². The van der Waals surface area contributed by atoms with Crippen molar-refractivity contribution < 1.29 is 0 Å². The molecule has 0 aromatic carbocycles. The van der Waals surface area contributed by atoms with Crippen molar-refractivity contribution in [3.8, 4) is 0 Å². The molecule has 0 saturated heterocycles. The van der Waals surface area contributed by atoms with Crippen LogP contribution < -0.4 is 5.56 Å². The number of hydrogen-bond donors (Lipinski definition) is 0. The molecule has 4 nitrogen and oxygen atoms in total. The second kappa shape index (κ2) is 4.28. The predicted octanol–water partition coefficient (Wildman–Crippen LogP) is 3.49. The minimum atomic E-state index is -0.00364. The average molecular weight is 355 g/mol. The van der Waals surface area contributed by atoms with Gasteiger partial charge in [0.1, 0.15) is 5.65 Å². The van der Waals surface area contributed by atoms with Crippen molar-refractivity contribution in [1.82, 2.24) is 14.5 Å². The molecule has 20 heavy (non-hydrogen) atoms. The quantitative estimate of drug-likeness (QED) is 0.737. The van der Waals surface area contributed by atoms with E-state index in [1.54, 1.807) is 6.20 Å². The van der Waals surface area contributed by atoms with E-state index in [9.17, 15) is 4.79 Å². The van der Waals surface area contributed by atoms with Crippen molar-refractivity contribution in [3.63, 3.8) is 0 Å². The van der Waals surface area contributed by atoms with Crippen molar-refractivity contribution in [2.45, 2.75) is 32.2 Å². The maximum absolute atomic E-state index is 12.6. The van der Waals surface area contributed by atoms with E-state index >= 15 is 0 Å². The summed E-state index contributed by atoms with van der Waals surface area (Å²) in [6.45, 7) is 1.90. The zero-order valence-corrected chi connectivity index (χ0v) is 13.3. The third-order valence-electron chi connectivity index (χ3n) is 4.69. The van der Waals surface area contributed by atoms with Gasteiger partial charge in [0.15, 0.2) is 0 Å². The molecule has 2 aliphatic rings. The minimum Gasteiger partial charge on any atom is -0.288 e. The molecule has 2 heterocycles. The van der Waals surface area contributed by atoms with Crippen LogP contribution in [0.2, 0.25) is 5.28 Å². The van der Waals surface area contributed by atoms with Crippen LogP contribution in [0.25, 0.3) is 11.0 Å². The van der Waals surface area contributed by atoms with Gasteiger partial charge in [-0.3, -0.25) is 9.36 Å². The van der Waals surface area contributed by atoms with Gasteiger partial charge in [0.25, 0.3) is 5.56 Å². The largest absolute Gasteiger partial charge is 0.288 e. The van der Waals surface area contributed by atoms with Crippen LogP contribution in [-0.4, -0.2) is 14.5 Å². The molecule has 0 N–H and O–H groups in total. The van der Waals surface area contributed by atoms with E-state index in [1.807, 2.05) is 11.5 Å². The Morgan fingerprint density at radius 1 is 1.35 bits per heavy atom. The van der Waals surface area contributed by atoms with Crippen LogP contribution in [-0.2, 0) is 0 Å². The summed E-state index contributed by atoms with van der Waals surface area (Å²) in [7, 11) is 0. The average Bonchev–Trinajstić information content (AvgIpc) is 3.03. The zero-order valence-electron chi connectivity index (χ0n) is 10.9. The maximum Gasteiger partial charge on any atom is 0.267 e. The second-order valence-corrected chi connectivity index (χ2v) is 7.00. The first-order valence-electron chi connectivity index (χ1n) is 6.79. The van der Waals surface area contributed by atoms with Crippen LogP contribution in [0.1, 0.15) is 30.9 Å². The van der Waals surface area contributed by atoms with Gasteiger partial charge in [-0.1, -0.05) is 0 Å². The van der Waals surface area contributed by atoms with Gasteiger partial charge in [-0.15, -0.1) is 0 Å². The topological polar surface area (TPSA) is 47.8 Å². The molecule has 4 rings (SSSR count). The number of aromatic nitrogens is 3. The number of halogens is 2. The van der Waals surface area contributed by atoms with Crippen molar-refractivity contribution in [1.29, 1.82) is 0 Å². The van der Waals surface area contributed by atoms with E-state index in [4.69, 9.17) is 11.6 Å². The SMILES string of the molecule is Cc1c(Br)c(=O)n(C2CC3CC3C2)c2nc(Cl)ncc12. The zero-order chi connectivity index (χ0) is 14.0. The molecule has 2 saturated carbocycles. The lowest BCUT2D eigenvalue weighted by molar-refractivity contribution is 0.465. The first-order chi connectivity index (χ1) is 9.56. The molecule has 0 radical (unpaired) electrons. The molecule has 0 spiro atoms. The summed E-state index contributed by atoms with van der Waals surface area (Å²) in [5.41, 5.74) is 1.54. The van der Waals surface area contributed by atoms with Gasteiger partial charge >= 0.3 is 0 Å².